The molecular weight excluding hydrogens is 314 g/mol. The Morgan fingerprint density at radius 2 is 2.09 bits per heavy atom. The Bertz CT molecular complexity index is 602. The van der Waals surface area contributed by atoms with E-state index in [0.29, 0.717) is 0 Å². The van der Waals surface area contributed by atoms with E-state index in [1.54, 1.807) is 0 Å². The third-order valence-corrected chi connectivity index (χ3v) is 4.95. The summed E-state index contributed by atoms with van der Waals surface area (Å²) >= 11 is 0. The number of rotatable bonds is 5. The summed E-state index contributed by atoms with van der Waals surface area (Å²) in [6.45, 7) is 1.45. The van der Waals surface area contributed by atoms with Gasteiger partial charge in [-0.1, -0.05) is 0 Å². The zero-order valence-corrected chi connectivity index (χ0v) is 12.8. The molecule has 0 spiro atoms. The van der Waals surface area contributed by atoms with Gasteiger partial charge < -0.3 is 26.2 Å². The molecule has 0 radical (unpaired) electrons. The van der Waals surface area contributed by atoms with Gasteiger partial charge in [0.1, 0.15) is 11.1 Å². The van der Waals surface area contributed by atoms with Gasteiger partial charge >= 0.3 is 12.0 Å². The summed E-state index contributed by atoms with van der Waals surface area (Å²) in [7, 11) is -1.62. The number of fused-ring (bicyclic) bond motifs is 1. The number of aliphatic hydroxyl groups is 1. The highest BCUT2D eigenvalue weighted by molar-refractivity contribution is 7.85. The van der Waals surface area contributed by atoms with E-state index in [1.807, 2.05) is 0 Å². The van der Waals surface area contributed by atoms with Crippen LogP contribution in [-0.4, -0.2) is 61.0 Å². The van der Waals surface area contributed by atoms with Gasteiger partial charge in [0.25, 0.3) is 0 Å². The molecule has 10 heteroatoms. The number of urea groups is 1. The molecule has 2 heterocycles. The maximum Gasteiger partial charge on any atom is 0.352 e. The van der Waals surface area contributed by atoms with E-state index in [1.165, 1.54) is 13.2 Å². The molecule has 1 saturated heterocycles. The number of nitrogens with zero attached hydrogens (tertiary/aromatic N) is 1. The van der Waals surface area contributed by atoms with Crippen LogP contribution in [0.4, 0.5) is 4.79 Å². The van der Waals surface area contributed by atoms with Crippen LogP contribution in [0.1, 0.15) is 13.3 Å². The molecule has 2 aliphatic rings. The summed E-state index contributed by atoms with van der Waals surface area (Å²) in [6, 6.07) is -1.44. The van der Waals surface area contributed by atoms with Crippen LogP contribution in [0.2, 0.25) is 0 Å². The van der Waals surface area contributed by atoms with Crippen molar-refractivity contribution < 1.29 is 28.8 Å². The third-order valence-electron chi connectivity index (χ3n) is 3.89. The molecule has 0 saturated carbocycles. The van der Waals surface area contributed by atoms with Gasteiger partial charge in [0.2, 0.25) is 5.91 Å². The molecule has 5 N–H and O–H groups in total. The zero-order chi connectivity index (χ0) is 16.8. The van der Waals surface area contributed by atoms with Gasteiger partial charge in [-0.3, -0.25) is 9.00 Å². The molecule has 0 aromatic carbocycles. The van der Waals surface area contributed by atoms with E-state index in [4.69, 9.17) is 5.73 Å². The molecule has 3 amide bonds. The molecule has 5 atom stereocenters. The minimum atomic E-state index is -1.62. The number of carbonyl (C=O) groups excluding carboxylic acids is 2. The van der Waals surface area contributed by atoms with Crippen LogP contribution < -0.4 is 11.1 Å². The maximum atomic E-state index is 12.0. The lowest BCUT2D eigenvalue weighted by molar-refractivity contribution is -0.161. The van der Waals surface area contributed by atoms with Gasteiger partial charge in [-0.25, -0.2) is 9.59 Å². The van der Waals surface area contributed by atoms with E-state index in [-0.39, 0.29) is 17.7 Å². The molecule has 2 aliphatic heterocycles. The first-order valence-corrected chi connectivity index (χ1v) is 8.14. The zero-order valence-electron chi connectivity index (χ0n) is 12.0. The summed E-state index contributed by atoms with van der Waals surface area (Å²) in [5, 5.41) is 20.2. The average Bonchev–Trinajstić information content (AvgIpc) is 2.69. The number of nitrogens with two attached hydrogens (primary N) is 1. The van der Waals surface area contributed by atoms with Crippen LogP contribution in [0.5, 0.6) is 0 Å². The number of hydrogen-bond acceptors (Lipinski definition) is 5. The first-order chi connectivity index (χ1) is 10.2. The van der Waals surface area contributed by atoms with E-state index in [9.17, 15) is 28.8 Å². The highest BCUT2D eigenvalue weighted by Crippen LogP contribution is 2.44. The lowest BCUT2D eigenvalue weighted by Gasteiger charge is -2.44. The number of nitrogens with one attached hydrogen (secondary N) is 1. The predicted molar refractivity (Wildman–Crippen MR) is 75.7 cm³/mol. The fourth-order valence-corrected chi connectivity index (χ4v) is 3.93. The van der Waals surface area contributed by atoms with Crippen molar-refractivity contribution in [3.63, 3.8) is 0 Å². The number of aliphatic carboxylic acids is 1. The minimum absolute atomic E-state index is 0.119. The van der Waals surface area contributed by atoms with Crippen LogP contribution in [-0.2, 0) is 20.4 Å². The Morgan fingerprint density at radius 3 is 2.50 bits per heavy atom. The van der Waals surface area contributed by atoms with Gasteiger partial charge in [0.05, 0.1) is 18.1 Å². The van der Waals surface area contributed by atoms with Crippen LogP contribution in [0, 0.1) is 5.92 Å². The monoisotopic (exact) mass is 331 g/mol. The molecular formula is C12H17N3O6S. The Balaban J connectivity index is 2.41. The summed E-state index contributed by atoms with van der Waals surface area (Å²) in [6.07, 6.45) is 0.502. The quantitative estimate of drug-likeness (QED) is 0.441. The average molecular weight is 331 g/mol. The standard InChI is InChI=1S/C12H17N3O6S/c1-4(16)7-6-3-5(9(22(2)21)14-12(13)20)8(11(18)19)15(6)10(7)17/h4,6-7,9,16H,3H2,1-2H3,(H,18,19)(H3,13,14,20). The molecule has 0 aromatic rings. The Morgan fingerprint density at radius 1 is 1.50 bits per heavy atom. The molecule has 9 nitrogen and oxygen atoms in total. The van der Waals surface area contributed by atoms with Crippen molar-refractivity contribution >= 4 is 28.7 Å². The predicted octanol–water partition coefficient (Wildman–Crippen LogP) is -1.69. The lowest BCUT2D eigenvalue weighted by atomic mass is 9.83. The number of amides is 3. The van der Waals surface area contributed by atoms with E-state index in [0.717, 1.165) is 4.90 Å². The largest absolute Gasteiger partial charge is 0.477 e. The van der Waals surface area contributed by atoms with Crippen LogP contribution in [0.25, 0.3) is 0 Å². The smallest absolute Gasteiger partial charge is 0.352 e. The van der Waals surface area contributed by atoms with E-state index >= 15 is 0 Å². The first kappa shape index (κ1) is 16.4. The fraction of sp³-hybridized carbons (Fsp3) is 0.583. The molecule has 0 bridgehead atoms. The van der Waals surface area contributed by atoms with Gasteiger partial charge in [-0.05, 0) is 18.9 Å². The topological polar surface area (TPSA) is 150 Å². The molecule has 122 valence electrons. The molecule has 0 aliphatic carbocycles. The van der Waals surface area contributed by atoms with Gasteiger partial charge in [-0.2, -0.15) is 0 Å². The van der Waals surface area contributed by atoms with Crippen molar-refractivity contribution in [1.29, 1.82) is 0 Å². The Hall–Kier alpha value is -1.94. The van der Waals surface area contributed by atoms with Gasteiger partial charge in [0, 0.05) is 17.1 Å². The third kappa shape index (κ3) is 2.48. The molecule has 2 rings (SSSR count). The second-order valence-corrected chi connectivity index (χ2v) is 6.78. The van der Waals surface area contributed by atoms with E-state index in [2.05, 4.69) is 5.32 Å². The number of aliphatic hydroxyl groups excluding tert-OH is 1. The number of β-lactam (4-membered cyclic amide) rings is 1. The molecule has 0 aromatic heterocycles. The maximum absolute atomic E-state index is 12.0. The van der Waals surface area contributed by atoms with Crippen molar-refractivity contribution in [2.24, 2.45) is 11.7 Å². The summed E-state index contributed by atoms with van der Waals surface area (Å²) in [5.41, 5.74) is 4.92. The van der Waals surface area contributed by atoms with Crippen molar-refractivity contribution in [3.8, 4) is 0 Å². The van der Waals surface area contributed by atoms with Crippen LogP contribution in [0.3, 0.4) is 0 Å². The normalized spacial score (nSPS) is 27.8. The van der Waals surface area contributed by atoms with Crippen molar-refractivity contribution in [1.82, 2.24) is 10.2 Å². The highest BCUT2D eigenvalue weighted by atomic mass is 32.2. The number of carboxylic acid groups (broad SMARTS) is 1. The van der Waals surface area contributed by atoms with Crippen LogP contribution in [0.15, 0.2) is 11.3 Å². The number of carbonyl (C=O) groups is 3. The summed E-state index contributed by atoms with van der Waals surface area (Å²) in [5.74, 6) is -2.55. The fourth-order valence-electron chi connectivity index (χ4n) is 3.04. The van der Waals surface area contributed by atoms with Crippen molar-refractivity contribution in [2.75, 3.05) is 6.26 Å². The second kappa shape index (κ2) is 5.69. The number of carboxylic acids is 1. The number of primary amides is 1. The number of hydrogen-bond donors (Lipinski definition) is 4. The minimum Gasteiger partial charge on any atom is -0.477 e. The Kier molecular flexibility index (Phi) is 4.25. The van der Waals surface area contributed by atoms with E-state index < -0.39 is 52.1 Å². The van der Waals surface area contributed by atoms with Gasteiger partial charge in [-0.15, -0.1) is 0 Å². The highest BCUT2D eigenvalue weighted by Gasteiger charge is 2.57. The summed E-state index contributed by atoms with van der Waals surface area (Å²) < 4.78 is 11.8. The van der Waals surface area contributed by atoms with Crippen molar-refractivity contribution in [2.45, 2.75) is 30.9 Å². The Labute approximate surface area is 128 Å². The molecule has 22 heavy (non-hydrogen) atoms. The summed E-state index contributed by atoms with van der Waals surface area (Å²) in [4.78, 5) is 35.6. The van der Waals surface area contributed by atoms with Gasteiger partial charge in [0.15, 0.2) is 0 Å². The van der Waals surface area contributed by atoms with Crippen LogP contribution >= 0.6 is 0 Å². The lowest BCUT2D eigenvalue weighted by Crippen LogP contribution is -2.61. The van der Waals surface area contributed by atoms with Crippen molar-refractivity contribution in [3.05, 3.63) is 11.3 Å². The molecule has 5 unspecified atom stereocenters. The SMILES string of the molecule is CC(O)C1C(=O)N2C(C(=O)O)=C(C(NC(N)=O)S(C)=O)CC12. The first-order valence-electron chi connectivity index (χ1n) is 6.52. The second-order valence-electron chi connectivity index (χ2n) is 5.31. The molecule has 1 fully saturated rings.